The van der Waals surface area contributed by atoms with Gasteiger partial charge in [-0.25, -0.2) is 0 Å². The summed E-state index contributed by atoms with van der Waals surface area (Å²) in [6.45, 7) is 3.66. The number of benzene rings is 1. The van der Waals surface area contributed by atoms with Crippen LogP contribution >= 0.6 is 11.3 Å². The van der Waals surface area contributed by atoms with E-state index in [2.05, 4.69) is 31.0 Å². The number of methoxy groups -OCH3 is 1. The van der Waals surface area contributed by atoms with Crippen LogP contribution in [0.15, 0.2) is 30.3 Å². The Morgan fingerprint density at radius 1 is 1.32 bits per heavy atom. The molecule has 0 aliphatic heterocycles. The summed E-state index contributed by atoms with van der Waals surface area (Å²) in [5.74, 6) is 0.883. The summed E-state index contributed by atoms with van der Waals surface area (Å²) in [5, 5.41) is 0. The first-order valence-electron chi connectivity index (χ1n) is 6.27. The molecule has 0 fully saturated rings. The third kappa shape index (κ3) is 3.28. The summed E-state index contributed by atoms with van der Waals surface area (Å²) in [7, 11) is 3.78. The number of aryl methyl sites for hydroxylation is 1. The van der Waals surface area contributed by atoms with Crippen molar-refractivity contribution < 1.29 is 4.74 Å². The van der Waals surface area contributed by atoms with Gasteiger partial charge >= 0.3 is 0 Å². The molecule has 0 aliphatic rings. The molecule has 0 amide bonds. The van der Waals surface area contributed by atoms with E-state index < -0.39 is 0 Å². The van der Waals surface area contributed by atoms with Crippen LogP contribution in [0.2, 0.25) is 0 Å². The summed E-state index contributed by atoms with van der Waals surface area (Å²) < 4.78 is 5.26. The van der Waals surface area contributed by atoms with Crippen molar-refractivity contribution in [3.8, 4) is 5.75 Å². The zero-order valence-electron chi connectivity index (χ0n) is 11.6. The second kappa shape index (κ2) is 6.08. The standard InChI is InChI=1S/C15H20N2OS/c1-11-12(7-15(9-16)19-11)10-17(2)13-5-4-6-14(8-13)18-3/h4-8H,9-10,16H2,1-3H3. The quantitative estimate of drug-likeness (QED) is 0.911. The van der Waals surface area contributed by atoms with Crippen molar-refractivity contribution in [3.05, 3.63) is 45.6 Å². The number of nitrogens with two attached hydrogens (primary N) is 1. The van der Waals surface area contributed by atoms with Crippen molar-refractivity contribution in [1.82, 2.24) is 0 Å². The number of anilines is 1. The Hall–Kier alpha value is -1.52. The molecule has 0 spiro atoms. The van der Waals surface area contributed by atoms with E-state index in [9.17, 15) is 0 Å². The third-order valence-electron chi connectivity index (χ3n) is 3.17. The molecule has 1 aromatic heterocycles. The van der Waals surface area contributed by atoms with Crippen LogP contribution in [-0.4, -0.2) is 14.2 Å². The summed E-state index contributed by atoms with van der Waals surface area (Å²) >= 11 is 1.78. The number of ether oxygens (including phenoxy) is 1. The SMILES string of the molecule is COc1cccc(N(C)Cc2cc(CN)sc2C)c1. The average molecular weight is 276 g/mol. The van der Waals surface area contributed by atoms with Gasteiger partial charge in [0.2, 0.25) is 0 Å². The second-order valence-corrected chi connectivity index (χ2v) is 5.90. The monoisotopic (exact) mass is 276 g/mol. The summed E-state index contributed by atoms with van der Waals surface area (Å²) in [5.41, 5.74) is 8.19. The number of thiophene rings is 1. The fourth-order valence-corrected chi connectivity index (χ4v) is 2.97. The van der Waals surface area contributed by atoms with E-state index in [1.54, 1.807) is 18.4 Å². The van der Waals surface area contributed by atoms with E-state index >= 15 is 0 Å². The van der Waals surface area contributed by atoms with Crippen LogP contribution < -0.4 is 15.4 Å². The van der Waals surface area contributed by atoms with Gasteiger partial charge in [-0.1, -0.05) is 6.07 Å². The largest absolute Gasteiger partial charge is 0.497 e. The predicted molar refractivity (Wildman–Crippen MR) is 82.0 cm³/mol. The summed E-state index contributed by atoms with van der Waals surface area (Å²) in [6, 6.07) is 10.3. The fraction of sp³-hybridized carbons (Fsp3) is 0.333. The van der Waals surface area contributed by atoms with Crippen molar-refractivity contribution in [2.45, 2.75) is 20.0 Å². The molecular weight excluding hydrogens is 256 g/mol. The van der Waals surface area contributed by atoms with Crippen LogP contribution in [0.25, 0.3) is 0 Å². The van der Waals surface area contributed by atoms with E-state index in [-0.39, 0.29) is 0 Å². The highest BCUT2D eigenvalue weighted by Crippen LogP contribution is 2.25. The van der Waals surface area contributed by atoms with E-state index in [1.807, 2.05) is 18.2 Å². The minimum atomic E-state index is 0.619. The molecule has 0 unspecified atom stereocenters. The lowest BCUT2D eigenvalue weighted by Gasteiger charge is -2.19. The Bertz CT molecular complexity index is 551. The zero-order valence-corrected chi connectivity index (χ0v) is 12.5. The first-order chi connectivity index (χ1) is 9.13. The van der Waals surface area contributed by atoms with Gasteiger partial charge in [-0.15, -0.1) is 11.3 Å². The smallest absolute Gasteiger partial charge is 0.120 e. The fourth-order valence-electron chi connectivity index (χ4n) is 2.04. The predicted octanol–water partition coefficient (Wildman–Crippen LogP) is 3.16. The minimum Gasteiger partial charge on any atom is -0.497 e. The lowest BCUT2D eigenvalue weighted by Crippen LogP contribution is -2.16. The van der Waals surface area contributed by atoms with Gasteiger partial charge in [-0.2, -0.15) is 0 Å². The van der Waals surface area contributed by atoms with Gasteiger partial charge in [0.15, 0.2) is 0 Å². The number of hydrogen-bond donors (Lipinski definition) is 1. The zero-order chi connectivity index (χ0) is 13.8. The lowest BCUT2D eigenvalue weighted by atomic mass is 10.2. The highest BCUT2D eigenvalue weighted by molar-refractivity contribution is 7.12. The van der Waals surface area contributed by atoms with E-state index in [4.69, 9.17) is 10.5 Å². The van der Waals surface area contributed by atoms with Crippen molar-refractivity contribution in [3.63, 3.8) is 0 Å². The van der Waals surface area contributed by atoms with Crippen LogP contribution in [0.4, 0.5) is 5.69 Å². The van der Waals surface area contributed by atoms with Crippen LogP contribution in [0.1, 0.15) is 15.3 Å². The van der Waals surface area contributed by atoms with E-state index in [0.29, 0.717) is 6.54 Å². The Balaban J connectivity index is 2.15. The molecule has 0 aliphatic carbocycles. The molecular formula is C15H20N2OS. The van der Waals surface area contributed by atoms with Gasteiger partial charge in [0.25, 0.3) is 0 Å². The van der Waals surface area contributed by atoms with Crippen molar-refractivity contribution >= 4 is 17.0 Å². The molecule has 102 valence electrons. The highest BCUT2D eigenvalue weighted by atomic mass is 32.1. The molecule has 3 nitrogen and oxygen atoms in total. The lowest BCUT2D eigenvalue weighted by molar-refractivity contribution is 0.415. The molecule has 2 N–H and O–H groups in total. The Morgan fingerprint density at radius 2 is 2.11 bits per heavy atom. The maximum absolute atomic E-state index is 5.69. The van der Waals surface area contributed by atoms with Crippen LogP contribution in [-0.2, 0) is 13.1 Å². The molecule has 0 radical (unpaired) electrons. The van der Waals surface area contributed by atoms with Gasteiger partial charge in [-0.05, 0) is 30.7 Å². The Morgan fingerprint density at radius 3 is 2.74 bits per heavy atom. The number of hydrogen-bond acceptors (Lipinski definition) is 4. The van der Waals surface area contributed by atoms with Gasteiger partial charge in [-0.3, -0.25) is 0 Å². The molecule has 0 atom stereocenters. The Kier molecular flexibility index (Phi) is 4.45. The van der Waals surface area contributed by atoms with Gasteiger partial charge in [0.1, 0.15) is 5.75 Å². The second-order valence-electron chi connectivity index (χ2n) is 4.56. The molecule has 2 rings (SSSR count). The first-order valence-corrected chi connectivity index (χ1v) is 7.09. The summed E-state index contributed by atoms with van der Waals surface area (Å²) in [6.07, 6.45) is 0. The Labute approximate surface area is 118 Å². The van der Waals surface area contributed by atoms with Gasteiger partial charge in [0.05, 0.1) is 7.11 Å². The highest BCUT2D eigenvalue weighted by Gasteiger charge is 2.08. The normalized spacial score (nSPS) is 10.5. The van der Waals surface area contributed by atoms with Crippen LogP contribution in [0.5, 0.6) is 5.75 Å². The van der Waals surface area contributed by atoms with Crippen molar-refractivity contribution in [2.75, 3.05) is 19.1 Å². The molecule has 0 saturated heterocycles. The number of rotatable bonds is 5. The molecule has 2 aromatic rings. The molecule has 1 aromatic carbocycles. The number of nitrogens with zero attached hydrogens (tertiary/aromatic N) is 1. The van der Waals surface area contributed by atoms with E-state index in [1.165, 1.54) is 15.3 Å². The van der Waals surface area contributed by atoms with Gasteiger partial charge < -0.3 is 15.4 Å². The summed E-state index contributed by atoms with van der Waals surface area (Å²) in [4.78, 5) is 4.81. The van der Waals surface area contributed by atoms with E-state index in [0.717, 1.165) is 18.0 Å². The average Bonchev–Trinajstić information content (AvgIpc) is 2.79. The third-order valence-corrected chi connectivity index (χ3v) is 4.29. The van der Waals surface area contributed by atoms with Gasteiger partial charge in [0, 0.05) is 41.6 Å². The molecule has 0 saturated carbocycles. The molecule has 19 heavy (non-hydrogen) atoms. The topological polar surface area (TPSA) is 38.5 Å². The van der Waals surface area contributed by atoms with Crippen LogP contribution in [0.3, 0.4) is 0 Å². The maximum Gasteiger partial charge on any atom is 0.120 e. The first kappa shape index (κ1) is 13.9. The van der Waals surface area contributed by atoms with Crippen molar-refractivity contribution in [1.29, 1.82) is 0 Å². The van der Waals surface area contributed by atoms with Crippen LogP contribution in [0, 0.1) is 6.92 Å². The maximum atomic E-state index is 5.69. The van der Waals surface area contributed by atoms with Crippen molar-refractivity contribution in [2.24, 2.45) is 5.73 Å². The molecule has 0 bridgehead atoms. The minimum absolute atomic E-state index is 0.619. The molecule has 1 heterocycles. The molecule has 4 heteroatoms.